The molecule has 0 saturated carbocycles. The van der Waals surface area contributed by atoms with Crippen LogP contribution in [-0.2, 0) is 10.0 Å². The number of nitrogens with zero attached hydrogens (tertiary/aromatic N) is 1. The van der Waals surface area contributed by atoms with Crippen LogP contribution in [0.4, 0.5) is 5.69 Å². The van der Waals surface area contributed by atoms with Crippen molar-refractivity contribution >= 4 is 21.6 Å². The Morgan fingerprint density at radius 1 is 1.14 bits per heavy atom. The Hall–Kier alpha value is -2.42. The van der Waals surface area contributed by atoms with E-state index in [0.29, 0.717) is 30.1 Å². The zero-order valence-corrected chi connectivity index (χ0v) is 17.4. The van der Waals surface area contributed by atoms with Crippen LogP contribution >= 0.6 is 0 Å². The number of rotatable bonds is 6. The lowest BCUT2D eigenvalue weighted by atomic mass is 10.1. The van der Waals surface area contributed by atoms with Crippen LogP contribution in [0, 0.1) is 0 Å². The molecule has 2 N–H and O–H groups in total. The lowest BCUT2D eigenvalue weighted by Crippen LogP contribution is -2.35. The van der Waals surface area contributed by atoms with Gasteiger partial charge in [0.05, 0.1) is 23.8 Å². The molecule has 0 bridgehead atoms. The van der Waals surface area contributed by atoms with E-state index in [9.17, 15) is 18.3 Å². The Bertz CT molecular complexity index is 982. The van der Waals surface area contributed by atoms with Gasteiger partial charge in [0.2, 0.25) is 10.0 Å². The van der Waals surface area contributed by atoms with E-state index in [1.54, 1.807) is 24.3 Å². The van der Waals surface area contributed by atoms with Crippen LogP contribution in [-0.4, -0.2) is 43.9 Å². The number of para-hydroxylation sites is 2. The minimum Gasteiger partial charge on any atom is -0.495 e. The normalized spacial score (nSPS) is 16.2. The van der Waals surface area contributed by atoms with E-state index in [1.807, 2.05) is 0 Å². The second kappa shape index (κ2) is 8.94. The Morgan fingerprint density at radius 2 is 1.83 bits per heavy atom. The van der Waals surface area contributed by atoms with E-state index in [2.05, 4.69) is 5.32 Å². The number of piperidine rings is 1. The van der Waals surface area contributed by atoms with Crippen molar-refractivity contribution in [2.75, 3.05) is 25.5 Å². The predicted molar refractivity (Wildman–Crippen MR) is 111 cm³/mol. The zero-order valence-electron chi connectivity index (χ0n) is 16.6. The summed E-state index contributed by atoms with van der Waals surface area (Å²) in [6, 6.07) is 11.3. The fourth-order valence-corrected chi connectivity index (χ4v) is 4.94. The highest BCUT2D eigenvalue weighted by atomic mass is 32.2. The molecular formula is C21H26N2O5S. The summed E-state index contributed by atoms with van der Waals surface area (Å²) in [5.41, 5.74) is 1.00. The molecule has 1 saturated heterocycles. The van der Waals surface area contributed by atoms with Crippen molar-refractivity contribution in [3.05, 3.63) is 53.6 Å². The first-order valence-electron chi connectivity index (χ1n) is 9.60. The smallest absolute Gasteiger partial charge is 0.255 e. The van der Waals surface area contributed by atoms with Crippen molar-refractivity contribution < 1.29 is 23.1 Å². The van der Waals surface area contributed by atoms with Gasteiger partial charge in [-0.2, -0.15) is 4.31 Å². The summed E-state index contributed by atoms with van der Waals surface area (Å²) in [6.45, 7) is 2.46. The SMILES string of the molecule is COc1ccccc1NC(=O)c1cc(C(C)O)cc(S(=O)(=O)N2CCCCC2)c1. The molecule has 1 atom stereocenters. The molecule has 2 aromatic carbocycles. The van der Waals surface area contributed by atoms with Crippen molar-refractivity contribution in [3.63, 3.8) is 0 Å². The Morgan fingerprint density at radius 3 is 2.48 bits per heavy atom. The van der Waals surface area contributed by atoms with Gasteiger partial charge in [0, 0.05) is 18.7 Å². The van der Waals surface area contributed by atoms with Crippen LogP contribution in [0.5, 0.6) is 5.75 Å². The average Bonchev–Trinajstić information content (AvgIpc) is 2.74. The van der Waals surface area contributed by atoms with Gasteiger partial charge in [-0.1, -0.05) is 18.6 Å². The minimum absolute atomic E-state index is 0.0166. The summed E-state index contributed by atoms with van der Waals surface area (Å²) in [5.74, 6) is 0.0146. The van der Waals surface area contributed by atoms with Gasteiger partial charge in [-0.25, -0.2) is 8.42 Å². The molecular weight excluding hydrogens is 392 g/mol. The number of nitrogens with one attached hydrogen (secondary N) is 1. The number of anilines is 1. The van der Waals surface area contributed by atoms with Crippen molar-refractivity contribution in [1.82, 2.24) is 4.31 Å². The van der Waals surface area contributed by atoms with Gasteiger partial charge in [-0.05, 0) is 55.7 Å². The number of hydrogen-bond donors (Lipinski definition) is 2. The minimum atomic E-state index is -3.74. The number of methoxy groups -OCH3 is 1. The number of aliphatic hydroxyl groups excluding tert-OH is 1. The topological polar surface area (TPSA) is 95.9 Å². The number of aliphatic hydroxyl groups is 1. The van der Waals surface area contributed by atoms with Gasteiger partial charge >= 0.3 is 0 Å². The molecule has 1 heterocycles. The zero-order chi connectivity index (χ0) is 21.0. The van der Waals surface area contributed by atoms with Gasteiger partial charge in [0.25, 0.3) is 5.91 Å². The van der Waals surface area contributed by atoms with E-state index >= 15 is 0 Å². The lowest BCUT2D eigenvalue weighted by Gasteiger charge is -2.26. The molecule has 8 heteroatoms. The molecule has 2 aromatic rings. The quantitative estimate of drug-likeness (QED) is 0.751. The first kappa shape index (κ1) is 21.3. The molecule has 29 heavy (non-hydrogen) atoms. The maximum atomic E-state index is 13.1. The van der Waals surface area contributed by atoms with E-state index in [-0.39, 0.29) is 10.5 Å². The fraction of sp³-hybridized carbons (Fsp3) is 0.381. The third-order valence-electron chi connectivity index (χ3n) is 4.98. The van der Waals surface area contributed by atoms with E-state index in [4.69, 9.17) is 4.74 Å². The van der Waals surface area contributed by atoms with E-state index in [1.165, 1.54) is 36.5 Å². The van der Waals surface area contributed by atoms with Crippen LogP contribution in [0.3, 0.4) is 0 Å². The van der Waals surface area contributed by atoms with E-state index in [0.717, 1.165) is 19.3 Å². The van der Waals surface area contributed by atoms with Gasteiger partial charge in [0.15, 0.2) is 0 Å². The number of sulfonamides is 1. The molecule has 1 fully saturated rings. The first-order chi connectivity index (χ1) is 13.8. The molecule has 0 spiro atoms. The van der Waals surface area contributed by atoms with Crippen LogP contribution in [0.25, 0.3) is 0 Å². The average molecular weight is 419 g/mol. The molecule has 7 nitrogen and oxygen atoms in total. The highest BCUT2D eigenvalue weighted by Gasteiger charge is 2.27. The lowest BCUT2D eigenvalue weighted by molar-refractivity contribution is 0.102. The molecule has 0 radical (unpaired) electrons. The predicted octanol–water partition coefficient (Wildman–Crippen LogP) is 3.18. The van der Waals surface area contributed by atoms with E-state index < -0.39 is 22.0 Å². The second-order valence-corrected chi connectivity index (χ2v) is 9.02. The van der Waals surface area contributed by atoms with Crippen molar-refractivity contribution in [2.24, 2.45) is 0 Å². The molecule has 1 unspecified atom stereocenters. The van der Waals surface area contributed by atoms with Gasteiger partial charge in [0.1, 0.15) is 5.75 Å². The van der Waals surface area contributed by atoms with Crippen molar-refractivity contribution in [3.8, 4) is 5.75 Å². The number of carbonyl (C=O) groups excluding carboxylic acids is 1. The molecule has 156 valence electrons. The number of benzene rings is 2. The summed E-state index contributed by atoms with van der Waals surface area (Å²) < 4.78 is 32.9. The summed E-state index contributed by atoms with van der Waals surface area (Å²) in [5, 5.41) is 12.8. The highest BCUT2D eigenvalue weighted by Crippen LogP contribution is 2.27. The number of ether oxygens (including phenoxy) is 1. The number of hydrogen-bond acceptors (Lipinski definition) is 5. The van der Waals surface area contributed by atoms with Crippen LogP contribution in [0.2, 0.25) is 0 Å². The third-order valence-corrected chi connectivity index (χ3v) is 6.86. The van der Waals surface area contributed by atoms with Gasteiger partial charge < -0.3 is 15.2 Å². The molecule has 0 aromatic heterocycles. The van der Waals surface area contributed by atoms with Crippen LogP contribution < -0.4 is 10.1 Å². The molecule has 1 aliphatic heterocycles. The third kappa shape index (κ3) is 4.77. The summed E-state index contributed by atoms with van der Waals surface area (Å²) in [4.78, 5) is 12.9. The maximum absolute atomic E-state index is 13.1. The van der Waals surface area contributed by atoms with Gasteiger partial charge in [-0.15, -0.1) is 0 Å². The molecule has 3 rings (SSSR count). The largest absolute Gasteiger partial charge is 0.495 e. The van der Waals surface area contributed by atoms with Gasteiger partial charge in [-0.3, -0.25) is 4.79 Å². The molecule has 1 amide bonds. The standard InChI is InChI=1S/C21H26N2O5S/c1-15(24)16-12-17(21(25)22-19-8-4-5-9-20(19)28-2)14-18(13-16)29(26,27)23-10-6-3-7-11-23/h4-5,8-9,12-15,24H,3,6-7,10-11H2,1-2H3,(H,22,25). The number of carbonyl (C=O) groups is 1. The Labute approximate surface area is 171 Å². The van der Waals surface area contributed by atoms with Crippen LogP contribution in [0.15, 0.2) is 47.4 Å². The van der Waals surface area contributed by atoms with Crippen LogP contribution in [0.1, 0.15) is 48.2 Å². The first-order valence-corrected chi connectivity index (χ1v) is 11.0. The monoisotopic (exact) mass is 418 g/mol. The van der Waals surface area contributed by atoms with Crippen molar-refractivity contribution in [2.45, 2.75) is 37.2 Å². The number of amides is 1. The highest BCUT2D eigenvalue weighted by molar-refractivity contribution is 7.89. The summed E-state index contributed by atoms with van der Waals surface area (Å²) in [6.07, 6.45) is 1.73. The maximum Gasteiger partial charge on any atom is 0.255 e. The molecule has 0 aliphatic carbocycles. The fourth-order valence-electron chi connectivity index (χ4n) is 3.34. The summed E-state index contributed by atoms with van der Waals surface area (Å²) in [7, 11) is -2.24. The van der Waals surface area contributed by atoms with Crippen molar-refractivity contribution in [1.29, 1.82) is 0 Å². The molecule has 1 aliphatic rings. The Kier molecular flexibility index (Phi) is 6.56. The second-order valence-electron chi connectivity index (χ2n) is 7.09. The summed E-state index contributed by atoms with van der Waals surface area (Å²) >= 11 is 0. The Balaban J connectivity index is 1.97.